The lowest BCUT2D eigenvalue weighted by Crippen LogP contribution is -2.18. The molecule has 190 valence electrons. The number of hydrogen-bond acceptors (Lipinski definition) is 3. The van der Waals surface area contributed by atoms with Crippen molar-refractivity contribution >= 4 is 92.2 Å². The largest absolute Gasteiger partial charge is 0.326 e. The van der Waals surface area contributed by atoms with Gasteiger partial charge in [0.1, 0.15) is 10.2 Å². The zero-order chi connectivity index (χ0) is 26.6. The number of benzene rings is 3. The quantitative estimate of drug-likeness (QED) is 0.234. The number of halogens is 6. The number of alkyl halides is 2. The van der Waals surface area contributed by atoms with Crippen LogP contribution >= 0.6 is 58.0 Å². The zero-order valence-electron chi connectivity index (χ0n) is 18.8. The van der Waals surface area contributed by atoms with Crippen LogP contribution in [0.15, 0.2) is 54.6 Å². The van der Waals surface area contributed by atoms with E-state index in [0.29, 0.717) is 21.1 Å². The van der Waals surface area contributed by atoms with Gasteiger partial charge in [-0.15, -0.1) is 23.2 Å². The Balaban J connectivity index is 1.36. The average molecular weight is 601 g/mol. The molecular formula is C25H16Cl5FN4O2. The van der Waals surface area contributed by atoms with Crippen molar-refractivity contribution in [3.05, 3.63) is 86.6 Å². The first kappa shape index (κ1) is 26.1. The molecule has 2 atom stereocenters. The smallest absolute Gasteiger partial charge is 0.258 e. The van der Waals surface area contributed by atoms with E-state index >= 15 is 0 Å². The normalized spacial score (nSPS) is 18.0. The van der Waals surface area contributed by atoms with E-state index < -0.39 is 33.8 Å². The molecule has 1 aromatic heterocycles. The van der Waals surface area contributed by atoms with Crippen LogP contribution in [0.3, 0.4) is 0 Å². The summed E-state index contributed by atoms with van der Waals surface area (Å²) in [4.78, 5) is 26.1. The number of nitrogens with zero attached hydrogens (tertiary/aromatic N) is 2. The van der Waals surface area contributed by atoms with Gasteiger partial charge >= 0.3 is 0 Å². The molecule has 2 N–H and O–H groups in total. The van der Waals surface area contributed by atoms with E-state index in [1.54, 1.807) is 37.4 Å². The van der Waals surface area contributed by atoms with Crippen LogP contribution in [0.5, 0.6) is 0 Å². The SMILES string of the molecule is Cn1nc(NC(=O)c2cc(NC(=O)C3C(c4cc(Cl)cc(Cl)c4)C3(Cl)Cl)ccc2Cl)c2c(F)cccc21. The maximum absolute atomic E-state index is 14.4. The Labute approximate surface area is 235 Å². The number of amides is 2. The molecule has 0 bridgehead atoms. The zero-order valence-corrected chi connectivity index (χ0v) is 22.6. The molecule has 2 amide bonds. The van der Waals surface area contributed by atoms with Gasteiger partial charge in [0.05, 0.1) is 27.4 Å². The molecule has 1 aliphatic carbocycles. The molecule has 4 aromatic rings. The number of fused-ring (bicyclic) bond motifs is 1. The Kier molecular flexibility index (Phi) is 6.79. The molecule has 2 unspecified atom stereocenters. The number of carbonyl (C=O) groups is 2. The number of aryl methyl sites for hydroxylation is 1. The third kappa shape index (κ3) is 4.87. The second kappa shape index (κ2) is 9.64. The van der Waals surface area contributed by atoms with Crippen LogP contribution in [-0.2, 0) is 11.8 Å². The molecule has 6 nitrogen and oxygen atoms in total. The second-order valence-electron chi connectivity index (χ2n) is 8.58. The van der Waals surface area contributed by atoms with Crippen molar-refractivity contribution in [2.24, 2.45) is 13.0 Å². The minimum atomic E-state index is -1.37. The van der Waals surface area contributed by atoms with E-state index in [-0.39, 0.29) is 27.5 Å². The first-order valence-electron chi connectivity index (χ1n) is 10.8. The Morgan fingerprint density at radius 1 is 1.00 bits per heavy atom. The summed E-state index contributed by atoms with van der Waals surface area (Å²) < 4.78 is 14.5. The fraction of sp³-hybridized carbons (Fsp3) is 0.160. The average Bonchev–Trinajstić information content (AvgIpc) is 3.26. The first-order valence-corrected chi connectivity index (χ1v) is 12.7. The van der Waals surface area contributed by atoms with E-state index in [9.17, 15) is 14.0 Å². The van der Waals surface area contributed by atoms with Crippen LogP contribution in [0.2, 0.25) is 15.1 Å². The van der Waals surface area contributed by atoms with Crippen molar-refractivity contribution in [1.29, 1.82) is 0 Å². The van der Waals surface area contributed by atoms with Crippen LogP contribution in [0.1, 0.15) is 21.8 Å². The van der Waals surface area contributed by atoms with Gasteiger partial charge in [-0.3, -0.25) is 14.3 Å². The first-order chi connectivity index (χ1) is 17.5. The molecule has 1 saturated carbocycles. The molecule has 0 radical (unpaired) electrons. The van der Waals surface area contributed by atoms with E-state index in [1.165, 1.54) is 28.9 Å². The minimum Gasteiger partial charge on any atom is -0.326 e. The summed E-state index contributed by atoms with van der Waals surface area (Å²) in [6, 6.07) is 13.8. The number of aromatic nitrogens is 2. The van der Waals surface area contributed by atoms with Gasteiger partial charge in [0.2, 0.25) is 5.91 Å². The molecule has 0 saturated heterocycles. The van der Waals surface area contributed by atoms with Crippen LogP contribution in [0, 0.1) is 11.7 Å². The monoisotopic (exact) mass is 598 g/mol. The van der Waals surface area contributed by atoms with Crippen molar-refractivity contribution in [2.45, 2.75) is 10.3 Å². The number of carbonyl (C=O) groups excluding carboxylic acids is 2. The van der Waals surface area contributed by atoms with Crippen molar-refractivity contribution in [1.82, 2.24) is 9.78 Å². The summed E-state index contributed by atoms with van der Waals surface area (Å²) in [7, 11) is 1.64. The highest BCUT2D eigenvalue weighted by Crippen LogP contribution is 2.65. The lowest BCUT2D eigenvalue weighted by atomic mass is 10.1. The van der Waals surface area contributed by atoms with Crippen molar-refractivity contribution < 1.29 is 14.0 Å². The summed E-state index contributed by atoms with van der Waals surface area (Å²) in [6.45, 7) is 0. The topological polar surface area (TPSA) is 76.0 Å². The fourth-order valence-electron chi connectivity index (χ4n) is 4.35. The van der Waals surface area contributed by atoms with Crippen LogP contribution < -0.4 is 10.6 Å². The summed E-state index contributed by atoms with van der Waals surface area (Å²) in [5, 5.41) is 10.6. The molecule has 1 aliphatic rings. The summed E-state index contributed by atoms with van der Waals surface area (Å²) >= 11 is 31.3. The number of hydrogen-bond donors (Lipinski definition) is 2. The molecule has 3 aromatic carbocycles. The molecule has 1 heterocycles. The summed E-state index contributed by atoms with van der Waals surface area (Å²) in [6.07, 6.45) is 0. The van der Waals surface area contributed by atoms with E-state index in [0.717, 1.165) is 0 Å². The Bertz CT molecular complexity index is 1570. The number of nitrogens with one attached hydrogen (secondary N) is 2. The van der Waals surface area contributed by atoms with Gasteiger partial charge in [-0.2, -0.15) is 5.10 Å². The number of anilines is 2. The van der Waals surface area contributed by atoms with Gasteiger partial charge in [0, 0.05) is 28.7 Å². The standard InChI is InChI=1S/C25H16Cl5FN4O2/c1-35-18-4-2-3-17(31)19(18)22(34-35)33-23(36)15-10-14(5-6-16(15)28)32-24(37)21-20(25(21,29)30)11-7-12(26)9-13(27)8-11/h2-10,20-21H,1H3,(H,32,37)(H,33,34,36). The minimum absolute atomic E-state index is 0.0428. The van der Waals surface area contributed by atoms with Gasteiger partial charge in [0.25, 0.3) is 5.91 Å². The summed E-state index contributed by atoms with van der Waals surface area (Å²) in [5.41, 5.74) is 1.48. The lowest BCUT2D eigenvalue weighted by Gasteiger charge is -2.10. The van der Waals surface area contributed by atoms with Gasteiger partial charge in [-0.05, 0) is 54.1 Å². The molecule has 5 rings (SSSR count). The van der Waals surface area contributed by atoms with Gasteiger partial charge in [0.15, 0.2) is 5.82 Å². The third-order valence-electron chi connectivity index (χ3n) is 6.12. The van der Waals surface area contributed by atoms with Crippen molar-refractivity contribution in [2.75, 3.05) is 10.6 Å². The van der Waals surface area contributed by atoms with Crippen LogP contribution in [0.4, 0.5) is 15.9 Å². The molecule has 0 spiro atoms. The maximum Gasteiger partial charge on any atom is 0.258 e. The molecule has 12 heteroatoms. The Hall–Kier alpha value is -2.55. The van der Waals surface area contributed by atoms with E-state index in [2.05, 4.69) is 15.7 Å². The Morgan fingerprint density at radius 2 is 1.70 bits per heavy atom. The van der Waals surface area contributed by atoms with Gasteiger partial charge < -0.3 is 10.6 Å². The van der Waals surface area contributed by atoms with Gasteiger partial charge in [-0.25, -0.2) is 4.39 Å². The predicted molar refractivity (Wildman–Crippen MR) is 146 cm³/mol. The molecule has 0 aliphatic heterocycles. The van der Waals surface area contributed by atoms with Crippen molar-refractivity contribution in [3.63, 3.8) is 0 Å². The van der Waals surface area contributed by atoms with Gasteiger partial charge in [-0.1, -0.05) is 40.9 Å². The highest BCUT2D eigenvalue weighted by Gasteiger charge is 2.67. The predicted octanol–water partition coefficient (Wildman–Crippen LogP) is 7.45. The van der Waals surface area contributed by atoms with Crippen LogP contribution in [-0.4, -0.2) is 25.9 Å². The van der Waals surface area contributed by atoms with Crippen LogP contribution in [0.25, 0.3) is 10.9 Å². The fourth-order valence-corrected chi connectivity index (χ4v) is 5.93. The lowest BCUT2D eigenvalue weighted by molar-refractivity contribution is -0.117. The highest BCUT2D eigenvalue weighted by molar-refractivity contribution is 6.53. The molecular weight excluding hydrogens is 585 g/mol. The number of rotatable bonds is 5. The third-order valence-corrected chi connectivity index (χ3v) is 7.82. The van der Waals surface area contributed by atoms with E-state index in [1.807, 2.05) is 0 Å². The van der Waals surface area contributed by atoms with Crippen molar-refractivity contribution in [3.8, 4) is 0 Å². The molecule has 1 fully saturated rings. The maximum atomic E-state index is 14.4. The van der Waals surface area contributed by atoms with E-state index in [4.69, 9.17) is 58.0 Å². The molecule has 37 heavy (non-hydrogen) atoms. The summed E-state index contributed by atoms with van der Waals surface area (Å²) in [5.74, 6) is -2.90. The highest BCUT2D eigenvalue weighted by atomic mass is 35.5. The second-order valence-corrected chi connectivity index (χ2v) is 11.3. The Morgan fingerprint density at radius 3 is 2.41 bits per heavy atom.